The Bertz CT molecular complexity index is 700. The average molecular weight is 390 g/mol. The number of ether oxygens (including phenoxy) is 2. The fourth-order valence-corrected chi connectivity index (χ4v) is 2.64. The molecule has 1 aromatic heterocycles. The molecule has 28 heavy (non-hydrogen) atoms. The highest BCUT2D eigenvalue weighted by molar-refractivity contribution is 5.79. The van der Waals surface area contributed by atoms with E-state index in [0.29, 0.717) is 11.7 Å². The number of unbranched alkanes of at least 4 members (excludes halogenated alkanes) is 2. The van der Waals surface area contributed by atoms with Crippen LogP contribution in [0.15, 0.2) is 33.8 Å². The minimum absolute atomic E-state index is 0.614. The summed E-state index contributed by atoms with van der Waals surface area (Å²) in [6, 6.07) is 7.63. The minimum Gasteiger partial charge on any atom is -0.497 e. The number of hydrogen-bond acceptors (Lipinski definition) is 6. The molecule has 0 unspecified atom stereocenters. The van der Waals surface area contributed by atoms with Gasteiger partial charge in [0.1, 0.15) is 5.75 Å². The van der Waals surface area contributed by atoms with Crippen LogP contribution in [0.3, 0.4) is 0 Å². The smallest absolute Gasteiger partial charge is 0.226 e. The van der Waals surface area contributed by atoms with Gasteiger partial charge in [-0.3, -0.25) is 4.99 Å². The number of rotatable bonds is 12. The summed E-state index contributed by atoms with van der Waals surface area (Å²) in [5.41, 5.74) is 0.921. The maximum atomic E-state index is 5.35. The molecule has 8 heteroatoms. The van der Waals surface area contributed by atoms with Gasteiger partial charge in [-0.25, -0.2) is 0 Å². The van der Waals surface area contributed by atoms with E-state index < -0.39 is 0 Å². The Kier molecular flexibility index (Phi) is 9.85. The molecule has 0 aliphatic heterocycles. The summed E-state index contributed by atoms with van der Waals surface area (Å²) in [5, 5.41) is 10.6. The second-order valence-corrected chi connectivity index (χ2v) is 6.32. The van der Waals surface area contributed by atoms with E-state index in [9.17, 15) is 0 Å². The number of nitrogens with one attached hydrogen (secondary N) is 2. The molecule has 154 valence electrons. The summed E-state index contributed by atoms with van der Waals surface area (Å²) in [4.78, 5) is 8.68. The lowest BCUT2D eigenvalue weighted by molar-refractivity contribution is 0.195. The molecule has 0 radical (unpaired) electrons. The zero-order valence-electron chi connectivity index (χ0n) is 17.0. The summed E-state index contributed by atoms with van der Waals surface area (Å²) in [7, 11) is 5.13. The normalized spacial score (nSPS) is 11.5. The number of aliphatic imine (C=N–C) groups is 1. The van der Waals surface area contributed by atoms with Crippen LogP contribution >= 0.6 is 0 Å². The van der Waals surface area contributed by atoms with E-state index in [0.717, 1.165) is 69.1 Å². The number of aryl methyl sites for hydroxylation is 1. The predicted molar refractivity (Wildman–Crippen MR) is 110 cm³/mol. The van der Waals surface area contributed by atoms with Gasteiger partial charge in [-0.1, -0.05) is 11.6 Å². The van der Waals surface area contributed by atoms with Crippen molar-refractivity contribution in [1.82, 2.24) is 20.8 Å². The lowest BCUT2D eigenvalue weighted by Crippen LogP contribution is -2.38. The highest BCUT2D eigenvalue weighted by Gasteiger charge is 2.08. The van der Waals surface area contributed by atoms with Crippen molar-refractivity contribution in [2.24, 2.45) is 4.99 Å². The van der Waals surface area contributed by atoms with E-state index in [1.54, 1.807) is 21.3 Å². The molecule has 0 spiro atoms. The van der Waals surface area contributed by atoms with Crippen LogP contribution in [0, 0.1) is 0 Å². The van der Waals surface area contributed by atoms with Gasteiger partial charge >= 0.3 is 0 Å². The maximum Gasteiger partial charge on any atom is 0.226 e. The van der Waals surface area contributed by atoms with Gasteiger partial charge in [-0.2, -0.15) is 4.98 Å². The van der Waals surface area contributed by atoms with Crippen LogP contribution < -0.4 is 15.4 Å². The summed E-state index contributed by atoms with van der Waals surface area (Å²) in [6.07, 6.45) is 4.88. The Morgan fingerprint density at radius 3 is 2.46 bits per heavy atom. The summed E-state index contributed by atoms with van der Waals surface area (Å²) < 4.78 is 15.5. The topological polar surface area (TPSA) is 93.8 Å². The van der Waals surface area contributed by atoms with Crippen molar-refractivity contribution in [2.45, 2.75) is 32.1 Å². The van der Waals surface area contributed by atoms with Crippen LogP contribution in [0.5, 0.6) is 5.75 Å². The fraction of sp³-hybridized carbons (Fsp3) is 0.550. The Morgan fingerprint density at radius 2 is 1.79 bits per heavy atom. The lowest BCUT2D eigenvalue weighted by atomic mass is 10.2. The highest BCUT2D eigenvalue weighted by atomic mass is 16.5. The molecule has 0 bridgehead atoms. The predicted octanol–water partition coefficient (Wildman–Crippen LogP) is 2.66. The molecule has 0 aliphatic rings. The largest absolute Gasteiger partial charge is 0.497 e. The van der Waals surface area contributed by atoms with E-state index in [2.05, 4.69) is 25.8 Å². The highest BCUT2D eigenvalue weighted by Crippen LogP contribution is 2.20. The monoisotopic (exact) mass is 389 g/mol. The second-order valence-electron chi connectivity index (χ2n) is 6.32. The van der Waals surface area contributed by atoms with Crippen LogP contribution in [0.25, 0.3) is 11.4 Å². The number of aromatic nitrogens is 2. The summed E-state index contributed by atoms with van der Waals surface area (Å²) in [6.45, 7) is 2.48. The van der Waals surface area contributed by atoms with E-state index in [4.69, 9.17) is 14.0 Å². The van der Waals surface area contributed by atoms with Crippen LogP contribution in [-0.2, 0) is 11.2 Å². The van der Waals surface area contributed by atoms with Crippen LogP contribution in [0.4, 0.5) is 0 Å². The number of hydrogen-bond donors (Lipinski definition) is 2. The van der Waals surface area contributed by atoms with Gasteiger partial charge in [-0.05, 0) is 43.5 Å². The van der Waals surface area contributed by atoms with Crippen molar-refractivity contribution in [1.29, 1.82) is 0 Å². The van der Waals surface area contributed by atoms with Crippen molar-refractivity contribution < 1.29 is 14.0 Å². The molecule has 2 N–H and O–H groups in total. The lowest BCUT2D eigenvalue weighted by Gasteiger charge is -2.11. The SMILES string of the molecule is CN=C(NCCCCCc1nc(-c2ccc(OC)cc2)no1)NCCCOC. The Morgan fingerprint density at radius 1 is 1.04 bits per heavy atom. The molecular formula is C20H31N5O3. The molecular weight excluding hydrogens is 358 g/mol. The number of nitrogens with zero attached hydrogens (tertiary/aromatic N) is 3. The minimum atomic E-state index is 0.614. The van der Waals surface area contributed by atoms with Gasteiger partial charge in [0.25, 0.3) is 0 Å². The zero-order chi connectivity index (χ0) is 20.0. The van der Waals surface area contributed by atoms with E-state index in [1.165, 1.54) is 0 Å². The third-order valence-electron chi connectivity index (χ3n) is 4.22. The van der Waals surface area contributed by atoms with E-state index in [1.807, 2.05) is 24.3 Å². The molecule has 0 saturated heterocycles. The average Bonchev–Trinajstić information content (AvgIpc) is 3.21. The van der Waals surface area contributed by atoms with Crippen LogP contribution in [0.2, 0.25) is 0 Å². The summed E-state index contributed by atoms with van der Waals surface area (Å²) in [5.74, 6) is 2.93. The molecule has 0 aliphatic carbocycles. The van der Waals surface area contributed by atoms with Gasteiger partial charge in [0.05, 0.1) is 7.11 Å². The Labute approximate surface area is 166 Å². The Hall–Kier alpha value is -2.61. The third-order valence-corrected chi connectivity index (χ3v) is 4.22. The van der Waals surface area contributed by atoms with Gasteiger partial charge in [0.15, 0.2) is 5.96 Å². The maximum absolute atomic E-state index is 5.35. The van der Waals surface area contributed by atoms with Gasteiger partial charge in [0, 0.05) is 45.8 Å². The third kappa shape index (κ3) is 7.56. The van der Waals surface area contributed by atoms with Crippen molar-refractivity contribution in [3.63, 3.8) is 0 Å². The van der Waals surface area contributed by atoms with Crippen molar-refractivity contribution >= 4 is 5.96 Å². The standard InChI is InChI=1S/C20H31N5O3/c1-21-20(23-14-7-15-26-2)22-13-6-4-5-8-18-24-19(25-28-18)16-9-11-17(27-3)12-10-16/h9-12H,4-8,13-15H2,1-3H3,(H2,21,22,23). The molecule has 2 rings (SSSR count). The zero-order valence-corrected chi connectivity index (χ0v) is 17.0. The van der Waals surface area contributed by atoms with Crippen LogP contribution in [0.1, 0.15) is 31.6 Å². The first-order chi connectivity index (χ1) is 13.8. The van der Waals surface area contributed by atoms with Gasteiger partial charge < -0.3 is 24.6 Å². The molecule has 0 saturated carbocycles. The first-order valence-corrected chi connectivity index (χ1v) is 9.67. The molecule has 1 aromatic carbocycles. The quantitative estimate of drug-likeness (QED) is 0.327. The Balaban J connectivity index is 1.61. The first kappa shape index (κ1) is 21.7. The first-order valence-electron chi connectivity index (χ1n) is 9.67. The molecule has 0 amide bonds. The molecule has 0 atom stereocenters. The fourth-order valence-electron chi connectivity index (χ4n) is 2.64. The van der Waals surface area contributed by atoms with Crippen molar-refractivity contribution in [2.75, 3.05) is 41.0 Å². The molecule has 2 aromatic rings. The van der Waals surface area contributed by atoms with Crippen LogP contribution in [-0.4, -0.2) is 57.1 Å². The summed E-state index contributed by atoms with van der Waals surface area (Å²) >= 11 is 0. The van der Waals surface area contributed by atoms with E-state index >= 15 is 0 Å². The van der Waals surface area contributed by atoms with Gasteiger partial charge in [-0.15, -0.1) is 0 Å². The molecule has 1 heterocycles. The number of benzene rings is 1. The van der Waals surface area contributed by atoms with Crippen molar-refractivity contribution in [3.05, 3.63) is 30.2 Å². The second kappa shape index (κ2) is 12.7. The van der Waals surface area contributed by atoms with Gasteiger partial charge in [0.2, 0.25) is 11.7 Å². The van der Waals surface area contributed by atoms with E-state index in [-0.39, 0.29) is 0 Å². The number of guanidine groups is 1. The number of methoxy groups -OCH3 is 2. The molecule has 0 fully saturated rings. The molecule has 8 nitrogen and oxygen atoms in total. The van der Waals surface area contributed by atoms with Crippen molar-refractivity contribution in [3.8, 4) is 17.1 Å².